The number of hydrazine groups is 1. The molecule has 2 aromatic rings. The highest BCUT2D eigenvalue weighted by Gasteiger charge is 2.56. The van der Waals surface area contributed by atoms with Gasteiger partial charge in [0.2, 0.25) is 5.69 Å². The number of anilines is 1. The van der Waals surface area contributed by atoms with E-state index in [1.807, 2.05) is 37.5 Å². The lowest BCUT2D eigenvalue weighted by atomic mass is 9.72. The molecule has 1 N–H and O–H groups in total. The van der Waals surface area contributed by atoms with Crippen LogP contribution < -0.4 is 20.3 Å². The van der Waals surface area contributed by atoms with Crippen molar-refractivity contribution in [1.29, 1.82) is 0 Å². The van der Waals surface area contributed by atoms with Gasteiger partial charge in [-0.15, -0.1) is 5.10 Å². The van der Waals surface area contributed by atoms with E-state index in [4.69, 9.17) is 11.6 Å². The maximum absolute atomic E-state index is 14.0. The Morgan fingerprint density at radius 1 is 1.13 bits per heavy atom. The van der Waals surface area contributed by atoms with Gasteiger partial charge < -0.3 is 10.2 Å². The number of carbonyl (C=O) groups excluding carboxylic acids is 1. The fourth-order valence-electron chi connectivity index (χ4n) is 5.44. The molecule has 2 heterocycles. The van der Waals surface area contributed by atoms with E-state index in [0.717, 1.165) is 24.1 Å². The number of alkyl halides is 3. The lowest BCUT2D eigenvalue weighted by molar-refractivity contribution is -0.466. The fraction of sp³-hybridized carbons (Fsp3) is 0.345. The zero-order valence-electron chi connectivity index (χ0n) is 21.6. The summed E-state index contributed by atoms with van der Waals surface area (Å²) >= 11 is 6.27. The summed E-state index contributed by atoms with van der Waals surface area (Å²) in [5, 5.41) is 30.1. The number of benzene rings is 2. The quantitative estimate of drug-likeness (QED) is 0.452. The van der Waals surface area contributed by atoms with Crippen LogP contribution in [0.5, 0.6) is 0 Å². The van der Waals surface area contributed by atoms with Crippen LogP contribution in [0.1, 0.15) is 39.2 Å². The van der Waals surface area contributed by atoms with Gasteiger partial charge in [0.1, 0.15) is 17.8 Å². The summed E-state index contributed by atoms with van der Waals surface area (Å²) in [5.74, 6) is -1.08. The number of hydrogen-bond acceptors (Lipinski definition) is 3. The van der Waals surface area contributed by atoms with Crippen molar-refractivity contribution in [1.82, 2.24) is 0 Å². The molecule has 0 radical (unpaired) electrons. The number of hydrogen-bond donors (Lipinski definition) is 1. The van der Waals surface area contributed by atoms with Crippen molar-refractivity contribution in [2.24, 2.45) is 0 Å². The number of carbonyl (C=O) groups is 1. The molecule has 0 spiro atoms. The molecule has 2 atom stereocenters. The van der Waals surface area contributed by atoms with E-state index in [2.05, 4.69) is 5.10 Å². The molecule has 0 bridgehead atoms. The molecule has 1 fully saturated rings. The zero-order chi connectivity index (χ0) is 28.3. The van der Waals surface area contributed by atoms with E-state index >= 15 is 0 Å². The summed E-state index contributed by atoms with van der Waals surface area (Å²) in [6.07, 6.45) is -5.42. The van der Waals surface area contributed by atoms with Crippen molar-refractivity contribution in [3.05, 3.63) is 81.9 Å². The maximum Gasteiger partial charge on any atom is 0.480 e. The first-order chi connectivity index (χ1) is 18.4. The number of allylic oxidation sites excluding steroid dienone is 1. The molecule has 204 valence electrons. The van der Waals surface area contributed by atoms with Crippen LogP contribution in [-0.2, 0) is 10.2 Å². The summed E-state index contributed by atoms with van der Waals surface area (Å²) in [4.78, 5) is 13.2. The summed E-state index contributed by atoms with van der Waals surface area (Å²) < 4.78 is 44.0. The van der Waals surface area contributed by atoms with Crippen molar-refractivity contribution in [2.75, 3.05) is 11.6 Å². The molecule has 0 saturated heterocycles. The van der Waals surface area contributed by atoms with Gasteiger partial charge in [0.15, 0.2) is 5.71 Å². The smallest absolute Gasteiger partial charge is 0.480 e. The first-order valence-corrected chi connectivity index (χ1v) is 13.1. The van der Waals surface area contributed by atoms with Crippen LogP contribution in [0.25, 0.3) is 0 Å². The molecule has 2 aliphatic heterocycles. The SMILES string of the molecule is CCCC[N+]1=C(C=C2C([O-])C(=C3C(=O)N(c4ccccc4)[NH+]=C3C(F)(F)F)C2[O-])C(C)(C)c2cc(Cl)ccc21. The Balaban J connectivity index is 1.58. The molecule has 10 heteroatoms. The maximum atomic E-state index is 14.0. The van der Waals surface area contributed by atoms with Gasteiger partial charge in [-0.2, -0.15) is 17.7 Å². The molecular weight excluding hydrogens is 531 g/mol. The Morgan fingerprint density at radius 3 is 2.41 bits per heavy atom. The Kier molecular flexibility index (Phi) is 6.81. The standard InChI is InChI=1S/C29H26ClF3N3O3/c1-4-5-13-35-20-12-11-16(30)14-19(20)28(2,3)21(35)15-18-24(37)22(25(18)38)23-26(29(31,32)33)34-36(27(23)39)17-9-7-6-8-10-17/h6-12,14-15,24-25H,4-5,13H2,1-3H3/q-1/p+1. The number of nitrogens with zero attached hydrogens (tertiary/aromatic N) is 2. The van der Waals surface area contributed by atoms with Gasteiger partial charge in [-0.25, -0.2) is 0 Å². The second-order valence-corrected chi connectivity index (χ2v) is 10.8. The highest BCUT2D eigenvalue weighted by Crippen LogP contribution is 2.44. The van der Waals surface area contributed by atoms with Crippen molar-refractivity contribution in [3.8, 4) is 0 Å². The highest BCUT2D eigenvalue weighted by molar-refractivity contribution is 6.31. The predicted octanol–water partition coefficient (Wildman–Crippen LogP) is 2.26. The van der Waals surface area contributed by atoms with Crippen molar-refractivity contribution >= 4 is 40.3 Å². The van der Waals surface area contributed by atoms with Crippen molar-refractivity contribution in [2.45, 2.75) is 57.4 Å². The number of nitrogens with one attached hydrogen (secondary N) is 1. The van der Waals surface area contributed by atoms with E-state index in [9.17, 15) is 28.2 Å². The normalized spacial score (nSPS) is 22.4. The fourth-order valence-corrected chi connectivity index (χ4v) is 5.62. The average Bonchev–Trinajstić information content (AvgIpc) is 3.33. The van der Waals surface area contributed by atoms with E-state index < -0.39 is 46.6 Å². The Hall–Kier alpha value is -3.27. The first-order valence-electron chi connectivity index (χ1n) is 12.7. The summed E-state index contributed by atoms with van der Waals surface area (Å²) in [6.45, 7) is 6.59. The third kappa shape index (κ3) is 4.42. The minimum atomic E-state index is -4.97. The van der Waals surface area contributed by atoms with Crippen LogP contribution in [0.15, 0.2) is 71.3 Å². The topological polar surface area (TPSA) is 83.4 Å². The van der Waals surface area contributed by atoms with Gasteiger partial charge >= 0.3 is 17.8 Å². The third-order valence-electron chi connectivity index (χ3n) is 7.54. The number of rotatable bonds is 5. The summed E-state index contributed by atoms with van der Waals surface area (Å²) in [6, 6.07) is 13.2. The van der Waals surface area contributed by atoms with Gasteiger partial charge in [-0.3, -0.25) is 4.79 Å². The monoisotopic (exact) mass is 557 g/mol. The van der Waals surface area contributed by atoms with Crippen molar-refractivity contribution < 1.29 is 37.9 Å². The number of amides is 1. The number of fused-ring (bicyclic) bond motifs is 1. The van der Waals surface area contributed by atoms with Crippen molar-refractivity contribution in [3.63, 3.8) is 0 Å². The Labute approximate surface area is 229 Å². The molecule has 1 amide bonds. The molecule has 3 aliphatic rings. The van der Waals surface area contributed by atoms with Gasteiger partial charge in [0.25, 0.3) is 0 Å². The van der Waals surface area contributed by atoms with Crippen LogP contribution in [0.4, 0.5) is 24.5 Å². The molecule has 6 nitrogen and oxygen atoms in total. The van der Waals surface area contributed by atoms with E-state index in [-0.39, 0.29) is 11.3 Å². The predicted molar refractivity (Wildman–Crippen MR) is 138 cm³/mol. The number of para-hydroxylation sites is 1. The average molecular weight is 558 g/mol. The van der Waals surface area contributed by atoms with Gasteiger partial charge in [0.05, 0.1) is 5.41 Å². The minimum absolute atomic E-state index is 0.0894. The molecule has 1 saturated carbocycles. The zero-order valence-corrected chi connectivity index (χ0v) is 22.4. The van der Waals surface area contributed by atoms with Crippen LogP contribution in [0.3, 0.4) is 0 Å². The van der Waals surface area contributed by atoms with Crippen LogP contribution >= 0.6 is 11.6 Å². The second-order valence-electron chi connectivity index (χ2n) is 10.4. The van der Waals surface area contributed by atoms with Gasteiger partial charge in [0, 0.05) is 29.1 Å². The first kappa shape index (κ1) is 27.3. The van der Waals surface area contributed by atoms with Gasteiger partial charge in [-0.05, 0) is 38.1 Å². The molecule has 39 heavy (non-hydrogen) atoms. The molecule has 2 unspecified atom stereocenters. The molecule has 2 aromatic carbocycles. The highest BCUT2D eigenvalue weighted by atomic mass is 35.5. The Morgan fingerprint density at radius 2 is 1.79 bits per heavy atom. The molecular formula is C29H27ClF3N3O3. The van der Waals surface area contributed by atoms with Crippen LogP contribution in [0, 0.1) is 0 Å². The molecule has 0 aromatic heterocycles. The van der Waals surface area contributed by atoms with Crippen LogP contribution in [0.2, 0.25) is 5.02 Å². The second kappa shape index (κ2) is 9.73. The lowest BCUT2D eigenvalue weighted by Gasteiger charge is -2.52. The number of unbranched alkanes of at least 4 members (excludes halogenated alkanes) is 1. The van der Waals surface area contributed by atoms with E-state index in [0.29, 0.717) is 22.3 Å². The minimum Gasteiger partial charge on any atom is -0.846 e. The molecule has 5 rings (SSSR count). The third-order valence-corrected chi connectivity index (χ3v) is 7.78. The van der Waals surface area contributed by atoms with Gasteiger partial charge in [-0.1, -0.05) is 71.5 Å². The molecule has 1 aliphatic carbocycles. The Bertz CT molecular complexity index is 1460. The summed E-state index contributed by atoms with van der Waals surface area (Å²) in [5.41, 5.74) is -0.876. The number of halogens is 4. The number of hydrazone groups is 1. The van der Waals surface area contributed by atoms with Crippen LogP contribution in [-0.4, -0.2) is 46.8 Å². The van der Waals surface area contributed by atoms with E-state index in [1.54, 1.807) is 24.3 Å². The lowest BCUT2D eigenvalue weighted by Crippen LogP contribution is -2.83. The largest absolute Gasteiger partial charge is 0.846 e. The summed E-state index contributed by atoms with van der Waals surface area (Å²) in [7, 11) is 0. The van der Waals surface area contributed by atoms with E-state index in [1.165, 1.54) is 18.2 Å².